The van der Waals surface area contributed by atoms with E-state index >= 15 is 0 Å². The van der Waals surface area contributed by atoms with Crippen LogP contribution < -0.4 is 10.1 Å². The molecular weight excluding hydrogens is 335 g/mol. The van der Waals surface area contributed by atoms with Gasteiger partial charge in [-0.15, -0.1) is 0 Å². The zero-order valence-electron chi connectivity index (χ0n) is 13.6. The lowest BCUT2D eigenvalue weighted by molar-refractivity contribution is -0.153. The van der Waals surface area contributed by atoms with Crippen LogP contribution in [0.3, 0.4) is 0 Å². The second-order valence-corrected chi connectivity index (χ2v) is 5.36. The van der Waals surface area contributed by atoms with Gasteiger partial charge in [-0.3, -0.25) is 4.79 Å². The lowest BCUT2D eigenvalue weighted by atomic mass is 10.1. The van der Waals surface area contributed by atoms with Crippen LogP contribution in [0.1, 0.15) is 21.5 Å². The third-order valence-corrected chi connectivity index (χ3v) is 3.28. The third kappa shape index (κ3) is 6.46. The number of methoxy groups -OCH3 is 1. The highest BCUT2D eigenvalue weighted by Gasteiger charge is 2.28. The molecule has 0 unspecified atom stereocenters. The van der Waals surface area contributed by atoms with E-state index in [4.69, 9.17) is 4.74 Å². The van der Waals surface area contributed by atoms with E-state index in [1.165, 1.54) is 12.1 Å². The van der Waals surface area contributed by atoms with E-state index in [-0.39, 0.29) is 18.2 Å². The topological polar surface area (TPSA) is 47.6 Å². The van der Waals surface area contributed by atoms with Gasteiger partial charge in [0.25, 0.3) is 5.91 Å². The molecular formula is C18H18F3NO3. The molecule has 7 heteroatoms. The Kier molecular flexibility index (Phi) is 6.41. The normalized spacial score (nSPS) is 11.2. The first-order valence-corrected chi connectivity index (χ1v) is 7.52. The number of amides is 1. The molecule has 0 aliphatic rings. The van der Waals surface area contributed by atoms with Gasteiger partial charge in [-0.2, -0.15) is 13.2 Å². The molecule has 0 saturated heterocycles. The molecule has 1 amide bonds. The lowest BCUT2D eigenvalue weighted by Gasteiger charge is -2.10. The van der Waals surface area contributed by atoms with Gasteiger partial charge in [0.1, 0.15) is 5.75 Å². The molecule has 0 radical (unpaired) electrons. The van der Waals surface area contributed by atoms with Crippen LogP contribution in [0.5, 0.6) is 5.75 Å². The van der Waals surface area contributed by atoms with Gasteiger partial charge in [-0.05, 0) is 35.4 Å². The first-order valence-electron chi connectivity index (χ1n) is 7.52. The summed E-state index contributed by atoms with van der Waals surface area (Å²) >= 11 is 0. The van der Waals surface area contributed by atoms with Gasteiger partial charge >= 0.3 is 6.18 Å². The summed E-state index contributed by atoms with van der Waals surface area (Å²) in [6, 6.07) is 13.2. The minimum atomic E-state index is -4.37. The highest BCUT2D eigenvalue weighted by atomic mass is 19.4. The molecule has 0 atom stereocenters. The molecule has 134 valence electrons. The smallest absolute Gasteiger partial charge is 0.422 e. The van der Waals surface area contributed by atoms with Gasteiger partial charge < -0.3 is 14.8 Å². The summed E-state index contributed by atoms with van der Waals surface area (Å²) < 4.78 is 45.9. The summed E-state index contributed by atoms with van der Waals surface area (Å²) in [5, 5.41) is 2.76. The fraction of sp³-hybridized carbons (Fsp3) is 0.278. The molecule has 1 N–H and O–H groups in total. The van der Waals surface area contributed by atoms with Gasteiger partial charge in [0.15, 0.2) is 6.61 Å². The fourth-order valence-electron chi connectivity index (χ4n) is 2.12. The third-order valence-electron chi connectivity index (χ3n) is 3.28. The van der Waals surface area contributed by atoms with Crippen LogP contribution in [0.2, 0.25) is 0 Å². The standard InChI is InChI=1S/C18H18F3NO3/c1-24-11-14-3-2-4-15(9-14)17(23)22-10-13-5-7-16(8-6-13)25-12-18(19,20)21/h2-9H,10-12H2,1H3,(H,22,23). The van der Waals surface area contributed by atoms with Crippen molar-refractivity contribution in [3.63, 3.8) is 0 Å². The maximum absolute atomic E-state index is 12.2. The Morgan fingerprint density at radius 2 is 1.80 bits per heavy atom. The predicted octanol–water partition coefficient (Wildman–Crippen LogP) is 3.70. The van der Waals surface area contributed by atoms with Gasteiger partial charge in [0, 0.05) is 19.2 Å². The van der Waals surface area contributed by atoms with Crippen molar-refractivity contribution in [2.75, 3.05) is 13.7 Å². The van der Waals surface area contributed by atoms with Crippen molar-refractivity contribution in [2.45, 2.75) is 19.3 Å². The molecule has 0 heterocycles. The number of benzene rings is 2. The molecule has 0 fully saturated rings. The number of carbonyl (C=O) groups is 1. The minimum absolute atomic E-state index is 0.125. The van der Waals surface area contributed by atoms with E-state index in [1.54, 1.807) is 37.4 Å². The van der Waals surface area contributed by atoms with Crippen LogP contribution in [0.4, 0.5) is 13.2 Å². The van der Waals surface area contributed by atoms with E-state index in [0.29, 0.717) is 12.2 Å². The van der Waals surface area contributed by atoms with Crippen molar-refractivity contribution in [3.8, 4) is 5.75 Å². The first kappa shape index (κ1) is 18.8. The Hall–Kier alpha value is -2.54. The summed E-state index contributed by atoms with van der Waals surface area (Å²) in [5.74, 6) is -0.116. The van der Waals surface area contributed by atoms with Crippen molar-refractivity contribution >= 4 is 5.91 Å². The van der Waals surface area contributed by atoms with E-state index in [2.05, 4.69) is 10.1 Å². The molecule has 0 aliphatic carbocycles. The number of ether oxygens (including phenoxy) is 2. The molecule has 2 rings (SSSR count). The number of hydrogen-bond donors (Lipinski definition) is 1. The first-order chi connectivity index (χ1) is 11.9. The summed E-state index contributed by atoms with van der Waals surface area (Å²) in [7, 11) is 1.58. The molecule has 4 nitrogen and oxygen atoms in total. The van der Waals surface area contributed by atoms with Crippen molar-refractivity contribution in [1.29, 1.82) is 0 Å². The van der Waals surface area contributed by atoms with Gasteiger partial charge in [0.05, 0.1) is 6.61 Å². The van der Waals surface area contributed by atoms with Crippen LogP contribution in [0.25, 0.3) is 0 Å². The largest absolute Gasteiger partial charge is 0.484 e. The molecule has 0 aromatic heterocycles. The molecule has 0 saturated carbocycles. The average Bonchev–Trinajstić information content (AvgIpc) is 2.58. The van der Waals surface area contributed by atoms with Gasteiger partial charge in [-0.25, -0.2) is 0 Å². The van der Waals surface area contributed by atoms with Crippen LogP contribution in [-0.4, -0.2) is 25.8 Å². The monoisotopic (exact) mass is 353 g/mol. The van der Waals surface area contributed by atoms with E-state index in [0.717, 1.165) is 11.1 Å². The van der Waals surface area contributed by atoms with Crippen LogP contribution in [0, 0.1) is 0 Å². The fourth-order valence-corrected chi connectivity index (χ4v) is 2.12. The molecule has 0 bridgehead atoms. The number of hydrogen-bond acceptors (Lipinski definition) is 3. The summed E-state index contributed by atoms with van der Waals surface area (Å²) in [5.41, 5.74) is 2.15. The van der Waals surface area contributed by atoms with E-state index in [9.17, 15) is 18.0 Å². The predicted molar refractivity (Wildman–Crippen MR) is 86.3 cm³/mol. The highest BCUT2D eigenvalue weighted by molar-refractivity contribution is 5.94. The Morgan fingerprint density at radius 1 is 1.08 bits per heavy atom. The van der Waals surface area contributed by atoms with Crippen molar-refractivity contribution in [3.05, 3.63) is 65.2 Å². The van der Waals surface area contributed by atoms with Crippen molar-refractivity contribution in [1.82, 2.24) is 5.32 Å². The lowest BCUT2D eigenvalue weighted by Crippen LogP contribution is -2.23. The van der Waals surface area contributed by atoms with Crippen LogP contribution in [0.15, 0.2) is 48.5 Å². The number of rotatable bonds is 7. The summed E-state index contributed by atoms with van der Waals surface area (Å²) in [6.45, 7) is -0.658. The minimum Gasteiger partial charge on any atom is -0.484 e. The Balaban J connectivity index is 1.88. The number of halogens is 3. The second kappa shape index (κ2) is 8.53. The molecule has 0 spiro atoms. The number of nitrogens with one attached hydrogen (secondary N) is 1. The SMILES string of the molecule is COCc1cccc(C(=O)NCc2ccc(OCC(F)(F)F)cc2)c1. The van der Waals surface area contributed by atoms with E-state index in [1.807, 2.05) is 6.07 Å². The van der Waals surface area contributed by atoms with Crippen molar-refractivity contribution < 1.29 is 27.4 Å². The summed E-state index contributed by atoms with van der Waals surface area (Å²) in [6.07, 6.45) is -4.37. The molecule has 25 heavy (non-hydrogen) atoms. The maximum Gasteiger partial charge on any atom is 0.422 e. The van der Waals surface area contributed by atoms with Crippen LogP contribution in [-0.2, 0) is 17.9 Å². The number of carbonyl (C=O) groups excluding carboxylic acids is 1. The van der Waals surface area contributed by atoms with Gasteiger partial charge in [-0.1, -0.05) is 24.3 Å². The summed E-state index contributed by atoms with van der Waals surface area (Å²) in [4.78, 5) is 12.2. The Morgan fingerprint density at radius 3 is 2.44 bits per heavy atom. The van der Waals surface area contributed by atoms with E-state index < -0.39 is 12.8 Å². The van der Waals surface area contributed by atoms with Gasteiger partial charge in [0.2, 0.25) is 0 Å². The Labute approximate surface area is 143 Å². The average molecular weight is 353 g/mol. The zero-order valence-corrected chi connectivity index (χ0v) is 13.6. The zero-order chi connectivity index (χ0) is 18.3. The highest BCUT2D eigenvalue weighted by Crippen LogP contribution is 2.18. The molecule has 0 aliphatic heterocycles. The number of alkyl halides is 3. The van der Waals surface area contributed by atoms with Crippen molar-refractivity contribution in [2.24, 2.45) is 0 Å². The second-order valence-electron chi connectivity index (χ2n) is 5.36. The quantitative estimate of drug-likeness (QED) is 0.826. The molecule has 2 aromatic carbocycles. The van der Waals surface area contributed by atoms with Crippen LogP contribution >= 0.6 is 0 Å². The Bertz CT molecular complexity index is 699. The maximum atomic E-state index is 12.2. The molecule has 2 aromatic rings.